The molecular formula is C14H14N4O2S2. The molecule has 0 spiro atoms. The first-order valence-electron chi connectivity index (χ1n) is 6.43. The standard InChI is InChI=1S/C14H14N4O2S2/c1-3-7-20-11-6-5-10(8-12(11)19-4-2)9-15-18-13(21)16-17-14(18)22/h1,5-6,8-9H,4,7H2,2H3,(H,16,21)(H,17,22)/b15-9-. The summed E-state index contributed by atoms with van der Waals surface area (Å²) in [5.41, 5.74) is 0.814. The van der Waals surface area contributed by atoms with Gasteiger partial charge in [-0.2, -0.15) is 9.78 Å². The van der Waals surface area contributed by atoms with Crippen LogP contribution in [-0.2, 0) is 0 Å². The van der Waals surface area contributed by atoms with Gasteiger partial charge < -0.3 is 9.47 Å². The Kier molecular flexibility index (Phi) is 5.52. The zero-order chi connectivity index (χ0) is 15.9. The van der Waals surface area contributed by atoms with Crippen molar-refractivity contribution in [2.75, 3.05) is 13.2 Å². The number of nitrogens with zero attached hydrogens (tertiary/aromatic N) is 2. The van der Waals surface area contributed by atoms with Crippen molar-refractivity contribution in [2.24, 2.45) is 5.10 Å². The van der Waals surface area contributed by atoms with Gasteiger partial charge in [-0.25, -0.2) is 0 Å². The van der Waals surface area contributed by atoms with Gasteiger partial charge in [-0.1, -0.05) is 5.92 Å². The van der Waals surface area contributed by atoms with E-state index in [1.165, 1.54) is 4.68 Å². The third kappa shape index (κ3) is 3.84. The lowest BCUT2D eigenvalue weighted by molar-refractivity contribution is 0.299. The fraction of sp³-hybridized carbons (Fsp3) is 0.214. The maximum absolute atomic E-state index is 5.54. The van der Waals surface area contributed by atoms with Crippen molar-refractivity contribution < 1.29 is 9.47 Å². The molecule has 1 aromatic carbocycles. The Morgan fingerprint density at radius 3 is 2.64 bits per heavy atom. The molecule has 2 N–H and O–H groups in total. The van der Waals surface area contributed by atoms with Crippen molar-refractivity contribution in [3.05, 3.63) is 33.3 Å². The molecule has 0 bridgehead atoms. The van der Waals surface area contributed by atoms with Crippen LogP contribution < -0.4 is 9.47 Å². The van der Waals surface area contributed by atoms with Gasteiger partial charge in [0.1, 0.15) is 6.61 Å². The maximum Gasteiger partial charge on any atom is 0.215 e. The van der Waals surface area contributed by atoms with Gasteiger partial charge in [0.2, 0.25) is 9.54 Å². The third-order valence-corrected chi connectivity index (χ3v) is 3.11. The lowest BCUT2D eigenvalue weighted by Gasteiger charge is -2.10. The molecule has 2 aromatic rings. The predicted molar refractivity (Wildman–Crippen MR) is 89.7 cm³/mol. The zero-order valence-electron chi connectivity index (χ0n) is 11.8. The molecule has 0 amide bonds. The normalized spacial score (nSPS) is 10.5. The van der Waals surface area contributed by atoms with E-state index in [-0.39, 0.29) is 6.61 Å². The molecule has 0 fully saturated rings. The third-order valence-electron chi connectivity index (χ3n) is 2.56. The average molecular weight is 334 g/mol. The molecule has 0 saturated heterocycles. The van der Waals surface area contributed by atoms with Gasteiger partial charge in [0, 0.05) is 0 Å². The number of aromatic nitrogens is 3. The number of nitrogens with one attached hydrogen (secondary N) is 2. The van der Waals surface area contributed by atoms with Crippen molar-refractivity contribution in [3.8, 4) is 23.8 Å². The van der Waals surface area contributed by atoms with Crippen molar-refractivity contribution in [1.29, 1.82) is 0 Å². The van der Waals surface area contributed by atoms with Gasteiger partial charge in [0.25, 0.3) is 0 Å². The maximum atomic E-state index is 5.54. The van der Waals surface area contributed by atoms with Crippen molar-refractivity contribution >= 4 is 30.7 Å². The SMILES string of the molecule is C#CCOc1ccc(/C=N\n2c(=S)[nH][nH]c2=S)cc1OCC. The van der Waals surface area contributed by atoms with E-state index in [2.05, 4.69) is 21.2 Å². The molecule has 22 heavy (non-hydrogen) atoms. The van der Waals surface area contributed by atoms with E-state index in [4.69, 9.17) is 40.3 Å². The summed E-state index contributed by atoms with van der Waals surface area (Å²) in [5.74, 6) is 3.61. The van der Waals surface area contributed by atoms with E-state index in [0.717, 1.165) is 5.56 Å². The summed E-state index contributed by atoms with van der Waals surface area (Å²) in [6.45, 7) is 2.59. The number of ether oxygens (including phenoxy) is 2. The molecule has 0 aliphatic rings. The minimum absolute atomic E-state index is 0.182. The summed E-state index contributed by atoms with van der Waals surface area (Å²) in [4.78, 5) is 0. The van der Waals surface area contributed by atoms with Crippen LogP contribution in [0.25, 0.3) is 0 Å². The highest BCUT2D eigenvalue weighted by Gasteiger charge is 2.05. The van der Waals surface area contributed by atoms with Gasteiger partial charge in [0.05, 0.1) is 12.8 Å². The number of terminal acetylenes is 1. The second-order valence-electron chi connectivity index (χ2n) is 4.05. The van der Waals surface area contributed by atoms with E-state index in [9.17, 15) is 0 Å². The van der Waals surface area contributed by atoms with Crippen LogP contribution in [0.4, 0.5) is 0 Å². The largest absolute Gasteiger partial charge is 0.490 e. The lowest BCUT2D eigenvalue weighted by atomic mass is 10.2. The second kappa shape index (κ2) is 7.59. The molecule has 0 aliphatic carbocycles. The minimum atomic E-state index is 0.182. The quantitative estimate of drug-likeness (QED) is 0.484. The van der Waals surface area contributed by atoms with E-state index in [1.54, 1.807) is 12.3 Å². The second-order valence-corrected chi connectivity index (χ2v) is 4.82. The van der Waals surface area contributed by atoms with Crippen molar-refractivity contribution in [2.45, 2.75) is 6.92 Å². The smallest absolute Gasteiger partial charge is 0.215 e. The molecule has 0 saturated carbocycles. The Balaban J connectivity index is 2.29. The highest BCUT2D eigenvalue weighted by atomic mass is 32.1. The number of rotatable bonds is 6. The fourth-order valence-corrected chi connectivity index (χ4v) is 2.08. The number of H-pyrrole nitrogens is 2. The summed E-state index contributed by atoms with van der Waals surface area (Å²) in [7, 11) is 0. The number of benzene rings is 1. The minimum Gasteiger partial charge on any atom is -0.490 e. The highest BCUT2D eigenvalue weighted by molar-refractivity contribution is 7.72. The van der Waals surface area contributed by atoms with Crippen LogP contribution in [0.3, 0.4) is 0 Å². The monoisotopic (exact) mass is 334 g/mol. The summed E-state index contributed by atoms with van der Waals surface area (Å²) >= 11 is 10.1. The van der Waals surface area contributed by atoms with Crippen LogP contribution in [0.1, 0.15) is 12.5 Å². The van der Waals surface area contributed by atoms with E-state index < -0.39 is 0 Å². The molecular weight excluding hydrogens is 320 g/mol. The summed E-state index contributed by atoms with van der Waals surface area (Å²) in [6, 6.07) is 5.42. The van der Waals surface area contributed by atoms with Crippen LogP contribution in [-0.4, -0.2) is 34.3 Å². The van der Waals surface area contributed by atoms with Gasteiger partial charge in [0.15, 0.2) is 11.5 Å². The van der Waals surface area contributed by atoms with E-state index in [1.807, 2.05) is 19.1 Å². The summed E-state index contributed by atoms with van der Waals surface area (Å²) < 4.78 is 13.2. The zero-order valence-corrected chi connectivity index (χ0v) is 13.5. The van der Waals surface area contributed by atoms with Gasteiger partial charge >= 0.3 is 0 Å². The Morgan fingerprint density at radius 2 is 2.00 bits per heavy atom. The topological polar surface area (TPSA) is 67.3 Å². The van der Waals surface area contributed by atoms with Gasteiger partial charge in [-0.3, -0.25) is 10.2 Å². The Morgan fingerprint density at radius 1 is 1.27 bits per heavy atom. The predicted octanol–water partition coefficient (Wildman–Crippen LogP) is 2.90. The number of hydrogen-bond acceptors (Lipinski definition) is 5. The molecule has 0 unspecified atom stereocenters. The summed E-state index contributed by atoms with van der Waals surface area (Å²) in [5, 5.41) is 9.64. The highest BCUT2D eigenvalue weighted by Crippen LogP contribution is 2.28. The average Bonchev–Trinajstić information content (AvgIpc) is 2.83. The number of hydrogen-bond donors (Lipinski definition) is 2. The van der Waals surface area contributed by atoms with Gasteiger partial charge in [-0.05, 0) is 55.1 Å². The Labute approximate surface area is 137 Å². The van der Waals surface area contributed by atoms with E-state index in [0.29, 0.717) is 27.6 Å². The molecule has 2 rings (SSSR count). The van der Waals surface area contributed by atoms with Crippen LogP contribution in [0.5, 0.6) is 11.5 Å². The van der Waals surface area contributed by atoms with Crippen LogP contribution >= 0.6 is 24.4 Å². The Hall–Kier alpha value is -2.37. The first-order valence-corrected chi connectivity index (χ1v) is 7.24. The van der Waals surface area contributed by atoms with Gasteiger partial charge in [-0.15, -0.1) is 6.42 Å². The van der Waals surface area contributed by atoms with Crippen molar-refractivity contribution in [3.63, 3.8) is 0 Å². The molecule has 8 heteroatoms. The first kappa shape index (κ1) is 16.0. The van der Waals surface area contributed by atoms with Crippen LogP contribution in [0.2, 0.25) is 0 Å². The number of aromatic amines is 2. The van der Waals surface area contributed by atoms with Crippen molar-refractivity contribution in [1.82, 2.24) is 14.9 Å². The molecule has 1 heterocycles. The molecule has 114 valence electrons. The molecule has 6 nitrogen and oxygen atoms in total. The molecule has 0 aliphatic heterocycles. The van der Waals surface area contributed by atoms with Crippen LogP contribution in [0, 0.1) is 21.9 Å². The molecule has 1 aromatic heterocycles. The van der Waals surface area contributed by atoms with Crippen LogP contribution in [0.15, 0.2) is 23.3 Å². The fourth-order valence-electron chi connectivity index (χ4n) is 1.65. The molecule has 0 atom stereocenters. The summed E-state index contributed by atoms with van der Waals surface area (Å²) in [6.07, 6.45) is 6.82. The first-order chi connectivity index (χ1) is 10.7. The Bertz CT molecular complexity index is 799. The lowest BCUT2D eigenvalue weighted by Crippen LogP contribution is -2.00. The molecule has 0 radical (unpaired) electrons. The van der Waals surface area contributed by atoms with E-state index >= 15 is 0 Å².